The van der Waals surface area contributed by atoms with Crippen LogP contribution in [0.2, 0.25) is 0 Å². The topological polar surface area (TPSA) is 36.0 Å². The smallest absolute Gasteiger partial charge is 0.238 e. The zero-order valence-corrected chi connectivity index (χ0v) is 18.3. The third-order valence-corrected chi connectivity index (χ3v) is 5.71. The number of carbonyl (C=O) groups is 1. The van der Waals surface area contributed by atoms with Crippen molar-refractivity contribution in [1.82, 2.24) is 9.80 Å². The molecule has 1 aliphatic rings. The largest absolute Gasteiger partial charge is 0.497 e. The first kappa shape index (κ1) is 21.2. The Bertz CT molecular complexity index is 802. The van der Waals surface area contributed by atoms with E-state index in [-0.39, 0.29) is 12.1 Å². The molecule has 5 heteroatoms. The van der Waals surface area contributed by atoms with Crippen molar-refractivity contribution in [2.75, 3.05) is 38.7 Å². The minimum absolute atomic E-state index is 0.0103. The van der Waals surface area contributed by atoms with E-state index in [2.05, 4.69) is 67.0 Å². The van der Waals surface area contributed by atoms with Crippen LogP contribution in [0.5, 0.6) is 5.75 Å². The fraction of sp³-hybridized carbons (Fsp3) is 0.458. The second kappa shape index (κ2) is 9.31. The van der Waals surface area contributed by atoms with Gasteiger partial charge in [-0.3, -0.25) is 9.69 Å². The standard InChI is InChI=1S/C24H33N3O2/c1-6-26(18(2)3)21-11-9-20(10-12-21)24-25(4)17-23(28)27(24)16-15-19-7-13-22(29-5)14-8-19/h7-14,18,24H,6,15-17H2,1-5H3. The van der Waals surface area contributed by atoms with Crippen LogP contribution in [-0.4, -0.2) is 55.5 Å². The number of rotatable bonds is 8. The third-order valence-electron chi connectivity index (χ3n) is 5.71. The van der Waals surface area contributed by atoms with Crippen LogP contribution in [0.4, 0.5) is 5.69 Å². The molecule has 0 radical (unpaired) electrons. The van der Waals surface area contributed by atoms with Crippen molar-refractivity contribution in [1.29, 1.82) is 0 Å². The number of likely N-dealkylation sites (N-methyl/N-ethyl adjacent to an activating group) is 1. The molecule has 156 valence electrons. The molecule has 0 bridgehead atoms. The van der Waals surface area contributed by atoms with Gasteiger partial charge in [-0.05, 0) is 69.6 Å². The number of benzene rings is 2. The van der Waals surface area contributed by atoms with Crippen LogP contribution < -0.4 is 9.64 Å². The van der Waals surface area contributed by atoms with Crippen molar-refractivity contribution in [3.63, 3.8) is 0 Å². The quantitative estimate of drug-likeness (QED) is 0.678. The molecule has 3 rings (SSSR count). The highest BCUT2D eigenvalue weighted by Gasteiger charge is 2.36. The molecule has 1 atom stereocenters. The van der Waals surface area contributed by atoms with Gasteiger partial charge in [0.1, 0.15) is 11.9 Å². The summed E-state index contributed by atoms with van der Waals surface area (Å²) in [6, 6.07) is 17.2. The molecule has 1 fully saturated rings. The SMILES string of the molecule is CCN(c1ccc(C2N(C)CC(=O)N2CCc2ccc(OC)cc2)cc1)C(C)C. The van der Waals surface area contributed by atoms with E-state index in [1.54, 1.807) is 7.11 Å². The molecule has 1 unspecified atom stereocenters. The van der Waals surface area contributed by atoms with E-state index < -0.39 is 0 Å². The third kappa shape index (κ3) is 4.73. The lowest BCUT2D eigenvalue weighted by Crippen LogP contribution is -2.33. The van der Waals surface area contributed by atoms with E-state index in [1.807, 2.05) is 24.1 Å². The van der Waals surface area contributed by atoms with Gasteiger partial charge >= 0.3 is 0 Å². The lowest BCUT2D eigenvalue weighted by atomic mass is 10.1. The van der Waals surface area contributed by atoms with Crippen molar-refractivity contribution in [2.24, 2.45) is 0 Å². The summed E-state index contributed by atoms with van der Waals surface area (Å²) in [5, 5.41) is 0. The summed E-state index contributed by atoms with van der Waals surface area (Å²) in [6.45, 7) is 8.74. The van der Waals surface area contributed by atoms with Crippen LogP contribution in [0.1, 0.15) is 38.1 Å². The second-order valence-electron chi connectivity index (χ2n) is 7.95. The Morgan fingerprint density at radius 2 is 1.76 bits per heavy atom. The zero-order valence-electron chi connectivity index (χ0n) is 18.3. The Labute approximate surface area is 174 Å². The maximum Gasteiger partial charge on any atom is 0.238 e. The van der Waals surface area contributed by atoms with Gasteiger partial charge in [0.25, 0.3) is 0 Å². The molecule has 0 saturated carbocycles. The maximum absolute atomic E-state index is 12.7. The first-order valence-corrected chi connectivity index (χ1v) is 10.4. The number of ether oxygens (including phenoxy) is 1. The molecule has 1 aliphatic heterocycles. The van der Waals surface area contributed by atoms with Gasteiger partial charge in [-0.15, -0.1) is 0 Å². The Kier molecular flexibility index (Phi) is 6.80. The molecule has 1 amide bonds. The van der Waals surface area contributed by atoms with Crippen molar-refractivity contribution in [3.05, 3.63) is 59.7 Å². The number of carbonyl (C=O) groups excluding carboxylic acids is 1. The highest BCUT2D eigenvalue weighted by atomic mass is 16.5. The predicted octanol–water partition coefficient (Wildman–Crippen LogP) is 3.95. The summed E-state index contributed by atoms with van der Waals surface area (Å²) < 4.78 is 5.23. The summed E-state index contributed by atoms with van der Waals surface area (Å²) in [7, 11) is 3.70. The monoisotopic (exact) mass is 395 g/mol. The van der Waals surface area contributed by atoms with E-state index >= 15 is 0 Å². The average Bonchev–Trinajstić information content (AvgIpc) is 3.00. The molecule has 1 heterocycles. The van der Waals surface area contributed by atoms with Crippen LogP contribution in [0.3, 0.4) is 0 Å². The van der Waals surface area contributed by atoms with Gasteiger partial charge in [0.15, 0.2) is 0 Å². The van der Waals surface area contributed by atoms with E-state index in [4.69, 9.17) is 4.74 Å². The molecular formula is C24H33N3O2. The van der Waals surface area contributed by atoms with Gasteiger partial charge in [-0.25, -0.2) is 0 Å². The lowest BCUT2D eigenvalue weighted by Gasteiger charge is -2.30. The number of methoxy groups -OCH3 is 1. The Hall–Kier alpha value is -2.53. The van der Waals surface area contributed by atoms with E-state index in [0.717, 1.165) is 24.3 Å². The van der Waals surface area contributed by atoms with Crippen LogP contribution in [0.15, 0.2) is 48.5 Å². The van der Waals surface area contributed by atoms with E-state index in [0.29, 0.717) is 19.1 Å². The van der Waals surface area contributed by atoms with Crippen molar-refractivity contribution >= 4 is 11.6 Å². The molecule has 0 aromatic heterocycles. The lowest BCUT2D eigenvalue weighted by molar-refractivity contribution is -0.128. The maximum atomic E-state index is 12.7. The van der Waals surface area contributed by atoms with Crippen LogP contribution in [-0.2, 0) is 11.2 Å². The number of anilines is 1. The number of amides is 1. The summed E-state index contributed by atoms with van der Waals surface area (Å²) in [4.78, 5) is 19.2. The minimum atomic E-state index is -0.0103. The van der Waals surface area contributed by atoms with Crippen LogP contribution in [0, 0.1) is 0 Å². The van der Waals surface area contributed by atoms with Gasteiger partial charge in [0.05, 0.1) is 13.7 Å². The summed E-state index contributed by atoms with van der Waals surface area (Å²) in [6.07, 6.45) is 0.818. The highest BCUT2D eigenvalue weighted by molar-refractivity contribution is 5.81. The molecule has 0 N–H and O–H groups in total. The molecule has 29 heavy (non-hydrogen) atoms. The van der Waals surface area contributed by atoms with Gasteiger partial charge in [0, 0.05) is 24.8 Å². The fourth-order valence-corrected chi connectivity index (χ4v) is 4.17. The second-order valence-corrected chi connectivity index (χ2v) is 7.95. The van der Waals surface area contributed by atoms with Gasteiger partial charge in [-0.1, -0.05) is 24.3 Å². The summed E-state index contributed by atoms with van der Waals surface area (Å²) >= 11 is 0. The first-order chi connectivity index (χ1) is 13.9. The molecule has 2 aromatic carbocycles. The van der Waals surface area contributed by atoms with Crippen LogP contribution >= 0.6 is 0 Å². The molecule has 0 spiro atoms. The summed E-state index contributed by atoms with van der Waals surface area (Å²) in [5.41, 5.74) is 3.59. The zero-order chi connectivity index (χ0) is 21.0. The van der Waals surface area contributed by atoms with E-state index in [9.17, 15) is 4.79 Å². The minimum Gasteiger partial charge on any atom is -0.497 e. The Morgan fingerprint density at radius 1 is 1.10 bits per heavy atom. The number of hydrogen-bond acceptors (Lipinski definition) is 4. The van der Waals surface area contributed by atoms with Crippen molar-refractivity contribution in [2.45, 2.75) is 39.4 Å². The first-order valence-electron chi connectivity index (χ1n) is 10.4. The number of nitrogens with zero attached hydrogens (tertiary/aromatic N) is 3. The highest BCUT2D eigenvalue weighted by Crippen LogP contribution is 2.31. The Balaban J connectivity index is 1.74. The molecule has 1 saturated heterocycles. The normalized spacial score (nSPS) is 17.2. The molecule has 2 aromatic rings. The molecule has 0 aliphatic carbocycles. The van der Waals surface area contributed by atoms with Crippen molar-refractivity contribution < 1.29 is 9.53 Å². The van der Waals surface area contributed by atoms with Crippen molar-refractivity contribution in [3.8, 4) is 5.75 Å². The average molecular weight is 396 g/mol. The van der Waals surface area contributed by atoms with Gasteiger partial charge in [-0.2, -0.15) is 0 Å². The fourth-order valence-electron chi connectivity index (χ4n) is 4.17. The van der Waals surface area contributed by atoms with Gasteiger partial charge in [0.2, 0.25) is 5.91 Å². The Morgan fingerprint density at radius 3 is 2.31 bits per heavy atom. The van der Waals surface area contributed by atoms with Crippen LogP contribution in [0.25, 0.3) is 0 Å². The molecular weight excluding hydrogens is 362 g/mol. The predicted molar refractivity (Wildman–Crippen MR) is 118 cm³/mol. The van der Waals surface area contributed by atoms with E-state index in [1.165, 1.54) is 11.3 Å². The molecule has 5 nitrogen and oxygen atoms in total. The van der Waals surface area contributed by atoms with Gasteiger partial charge < -0.3 is 14.5 Å². The number of hydrogen-bond donors (Lipinski definition) is 0. The summed E-state index contributed by atoms with van der Waals surface area (Å²) in [5.74, 6) is 1.04.